The number of hydrogen-bond acceptors (Lipinski definition) is 2. The van der Waals surface area contributed by atoms with Gasteiger partial charge >= 0.3 is 0 Å². The number of rotatable bonds is 4. The van der Waals surface area contributed by atoms with Gasteiger partial charge in [0.15, 0.2) is 0 Å². The van der Waals surface area contributed by atoms with Gasteiger partial charge in [-0.25, -0.2) is 0 Å². The Kier molecular flexibility index (Phi) is 5.15. The lowest BCUT2D eigenvalue weighted by atomic mass is 10.1. The van der Waals surface area contributed by atoms with Gasteiger partial charge in [-0.1, -0.05) is 0 Å². The van der Waals surface area contributed by atoms with Crippen molar-refractivity contribution in [1.82, 2.24) is 0 Å². The third kappa shape index (κ3) is 6.09. The van der Waals surface area contributed by atoms with E-state index in [2.05, 4.69) is 0 Å². The number of nitrogens with two attached hydrogens (primary N) is 2. The molecule has 0 saturated carbocycles. The predicted molar refractivity (Wildman–Crippen MR) is 41.6 cm³/mol. The molecule has 2 nitrogen and oxygen atoms in total. The quantitative estimate of drug-likeness (QED) is 0.580. The zero-order chi connectivity index (χ0) is 7.28. The largest absolute Gasteiger partial charge is 0.330 e. The lowest BCUT2D eigenvalue weighted by molar-refractivity contribution is 0.609. The van der Waals surface area contributed by atoms with Crippen molar-refractivity contribution in [2.24, 2.45) is 11.5 Å². The van der Waals surface area contributed by atoms with Crippen LogP contribution in [-0.4, -0.2) is 18.0 Å². The topological polar surface area (TPSA) is 52.0 Å². The lowest BCUT2D eigenvalue weighted by Crippen LogP contribution is -2.21. The van der Waals surface area contributed by atoms with Crippen molar-refractivity contribution in [3.63, 3.8) is 0 Å². The Morgan fingerprint density at radius 1 is 1.56 bits per heavy atom. The predicted octanol–water partition coefficient (Wildman–Crippen LogP) is 0.680. The van der Waals surface area contributed by atoms with Crippen molar-refractivity contribution in [3.8, 4) is 0 Å². The molecule has 0 saturated heterocycles. The van der Waals surface area contributed by atoms with Gasteiger partial charge in [0, 0.05) is 11.4 Å². The van der Waals surface area contributed by atoms with Crippen LogP contribution in [0.3, 0.4) is 0 Å². The maximum Gasteiger partial charge on any atom is 0.0362 e. The van der Waals surface area contributed by atoms with Crippen LogP contribution in [0.5, 0.6) is 0 Å². The van der Waals surface area contributed by atoms with Gasteiger partial charge in [0.2, 0.25) is 0 Å². The minimum Gasteiger partial charge on any atom is -0.330 e. The molecule has 0 aromatic rings. The summed E-state index contributed by atoms with van der Waals surface area (Å²) in [7, 11) is 0. The average molecular weight is 151 g/mol. The monoisotopic (exact) mass is 150 g/mol. The second kappa shape index (κ2) is 5.03. The Bertz CT molecular complexity index is 66.1. The molecule has 0 aromatic carbocycles. The third-order valence-electron chi connectivity index (χ3n) is 1.11. The van der Waals surface area contributed by atoms with Crippen molar-refractivity contribution in [3.05, 3.63) is 0 Å². The Balaban J connectivity index is 3.15. The van der Waals surface area contributed by atoms with Gasteiger partial charge in [0.05, 0.1) is 0 Å². The van der Waals surface area contributed by atoms with E-state index in [1.165, 1.54) is 0 Å². The van der Waals surface area contributed by atoms with Crippen LogP contribution >= 0.6 is 11.6 Å². The summed E-state index contributed by atoms with van der Waals surface area (Å²) in [6, 6.07) is 0.194. The van der Waals surface area contributed by atoms with Crippen LogP contribution in [0.1, 0.15) is 19.8 Å². The highest BCUT2D eigenvalue weighted by molar-refractivity contribution is 6.20. The molecule has 0 radical (unpaired) electrons. The molecule has 3 heteroatoms. The molecule has 0 aliphatic carbocycles. The number of hydrogen-bond donors (Lipinski definition) is 2. The SMILES string of the molecule is CC(N)CC(Cl)CCN. The van der Waals surface area contributed by atoms with E-state index in [0.29, 0.717) is 6.54 Å². The van der Waals surface area contributed by atoms with Crippen molar-refractivity contribution >= 4 is 11.6 Å². The minimum absolute atomic E-state index is 0.162. The number of alkyl halides is 1. The molecule has 0 heterocycles. The molecule has 2 unspecified atom stereocenters. The van der Waals surface area contributed by atoms with Crippen LogP contribution in [0.25, 0.3) is 0 Å². The Morgan fingerprint density at radius 2 is 2.11 bits per heavy atom. The summed E-state index contributed by atoms with van der Waals surface area (Å²) >= 11 is 5.82. The molecule has 0 bridgehead atoms. The molecular weight excluding hydrogens is 136 g/mol. The first-order chi connectivity index (χ1) is 4.16. The van der Waals surface area contributed by atoms with Gasteiger partial charge in [-0.2, -0.15) is 0 Å². The van der Waals surface area contributed by atoms with Gasteiger partial charge in [0.1, 0.15) is 0 Å². The molecule has 4 N–H and O–H groups in total. The molecule has 0 aliphatic heterocycles. The van der Waals surface area contributed by atoms with Gasteiger partial charge in [-0.3, -0.25) is 0 Å². The van der Waals surface area contributed by atoms with E-state index in [9.17, 15) is 0 Å². The van der Waals surface area contributed by atoms with E-state index in [1.54, 1.807) is 0 Å². The highest BCUT2D eigenvalue weighted by Crippen LogP contribution is 2.07. The summed E-state index contributed by atoms with van der Waals surface area (Å²) in [5.41, 5.74) is 10.8. The van der Waals surface area contributed by atoms with Gasteiger partial charge in [0.25, 0.3) is 0 Å². The molecule has 0 amide bonds. The maximum atomic E-state index is 5.82. The fourth-order valence-corrected chi connectivity index (χ4v) is 1.11. The van der Waals surface area contributed by atoms with E-state index in [-0.39, 0.29) is 11.4 Å². The van der Waals surface area contributed by atoms with Gasteiger partial charge < -0.3 is 11.5 Å². The van der Waals surface area contributed by atoms with E-state index in [0.717, 1.165) is 12.8 Å². The maximum absolute atomic E-state index is 5.82. The summed E-state index contributed by atoms with van der Waals surface area (Å²) in [4.78, 5) is 0. The third-order valence-corrected chi connectivity index (χ3v) is 1.50. The van der Waals surface area contributed by atoms with E-state index >= 15 is 0 Å². The molecule has 0 aromatic heterocycles. The van der Waals surface area contributed by atoms with Crippen LogP contribution in [0, 0.1) is 0 Å². The standard InChI is InChI=1S/C6H15ClN2/c1-5(9)4-6(7)2-3-8/h5-6H,2-4,8-9H2,1H3. The molecular formula is C6H15ClN2. The van der Waals surface area contributed by atoms with Gasteiger partial charge in [-0.15, -0.1) is 11.6 Å². The van der Waals surface area contributed by atoms with E-state index < -0.39 is 0 Å². The Hall–Kier alpha value is 0.210. The van der Waals surface area contributed by atoms with Crippen LogP contribution in [0.15, 0.2) is 0 Å². The summed E-state index contributed by atoms with van der Waals surface area (Å²) < 4.78 is 0. The molecule has 0 fully saturated rings. The van der Waals surface area contributed by atoms with Crippen LogP contribution in [0.2, 0.25) is 0 Å². The van der Waals surface area contributed by atoms with Crippen LogP contribution in [0.4, 0.5) is 0 Å². The van der Waals surface area contributed by atoms with Crippen LogP contribution in [-0.2, 0) is 0 Å². The second-order valence-electron chi connectivity index (χ2n) is 2.39. The minimum atomic E-state index is 0.162. The summed E-state index contributed by atoms with van der Waals surface area (Å²) in [6.07, 6.45) is 1.72. The number of halogens is 1. The van der Waals surface area contributed by atoms with E-state index in [1.807, 2.05) is 6.92 Å². The first kappa shape index (κ1) is 9.21. The summed E-state index contributed by atoms with van der Waals surface area (Å²) in [5.74, 6) is 0. The molecule has 9 heavy (non-hydrogen) atoms. The summed E-state index contributed by atoms with van der Waals surface area (Å²) in [6.45, 7) is 2.60. The normalized spacial score (nSPS) is 17.3. The molecule has 0 rings (SSSR count). The highest BCUT2D eigenvalue weighted by Gasteiger charge is 2.04. The Morgan fingerprint density at radius 3 is 2.44 bits per heavy atom. The molecule has 0 aliphatic rings. The molecule has 0 spiro atoms. The smallest absolute Gasteiger partial charge is 0.0362 e. The van der Waals surface area contributed by atoms with Gasteiger partial charge in [-0.05, 0) is 26.3 Å². The molecule has 56 valence electrons. The Labute approximate surface area is 61.5 Å². The van der Waals surface area contributed by atoms with Crippen molar-refractivity contribution < 1.29 is 0 Å². The van der Waals surface area contributed by atoms with Crippen molar-refractivity contribution in [2.45, 2.75) is 31.2 Å². The highest BCUT2D eigenvalue weighted by atomic mass is 35.5. The molecule has 2 atom stereocenters. The van der Waals surface area contributed by atoms with Crippen LogP contribution < -0.4 is 11.5 Å². The first-order valence-corrected chi connectivity index (χ1v) is 3.70. The van der Waals surface area contributed by atoms with E-state index in [4.69, 9.17) is 23.1 Å². The average Bonchev–Trinajstić information content (AvgIpc) is 1.63. The fraction of sp³-hybridized carbons (Fsp3) is 1.00. The van der Waals surface area contributed by atoms with Crippen molar-refractivity contribution in [1.29, 1.82) is 0 Å². The lowest BCUT2D eigenvalue weighted by Gasteiger charge is -2.09. The van der Waals surface area contributed by atoms with Crippen molar-refractivity contribution in [2.75, 3.05) is 6.54 Å². The fourth-order valence-electron chi connectivity index (χ4n) is 0.702. The first-order valence-electron chi connectivity index (χ1n) is 3.26. The summed E-state index contributed by atoms with van der Waals surface area (Å²) in [5, 5.41) is 0.162. The zero-order valence-electron chi connectivity index (χ0n) is 5.81. The second-order valence-corrected chi connectivity index (χ2v) is 3.00. The zero-order valence-corrected chi connectivity index (χ0v) is 6.56.